The molecule has 0 spiro atoms. The SMILES string of the molecule is CCC1(CC)CC1/C(OC(C)=O)=C(\C)c1ccccc1. The standard InChI is InChI=1S/C18H24O2/c1-5-18(6-2)12-16(18)17(20-14(4)19)13(3)15-10-8-7-9-11-15/h7-11,16H,5-6,12H2,1-4H3/b17-13-. The maximum atomic E-state index is 11.5. The van der Waals surface area contributed by atoms with Crippen molar-refractivity contribution in [2.75, 3.05) is 0 Å². The third kappa shape index (κ3) is 2.79. The van der Waals surface area contributed by atoms with Crippen molar-refractivity contribution in [2.24, 2.45) is 11.3 Å². The molecular formula is C18H24O2. The van der Waals surface area contributed by atoms with Crippen molar-refractivity contribution in [1.29, 1.82) is 0 Å². The van der Waals surface area contributed by atoms with Crippen LogP contribution in [0.1, 0.15) is 52.5 Å². The normalized spacial score (nSPS) is 21.1. The zero-order valence-electron chi connectivity index (χ0n) is 12.9. The van der Waals surface area contributed by atoms with Crippen molar-refractivity contribution in [3.8, 4) is 0 Å². The second-order valence-electron chi connectivity index (χ2n) is 5.78. The highest BCUT2D eigenvalue weighted by atomic mass is 16.5. The number of hydrogen-bond acceptors (Lipinski definition) is 2. The summed E-state index contributed by atoms with van der Waals surface area (Å²) < 4.78 is 5.59. The summed E-state index contributed by atoms with van der Waals surface area (Å²) in [5.41, 5.74) is 2.56. The van der Waals surface area contributed by atoms with Gasteiger partial charge >= 0.3 is 5.97 Å². The molecule has 0 N–H and O–H groups in total. The summed E-state index contributed by atoms with van der Waals surface area (Å²) in [6.07, 6.45) is 3.41. The highest BCUT2D eigenvalue weighted by molar-refractivity contribution is 5.73. The minimum Gasteiger partial charge on any atom is -0.431 e. The molecule has 1 unspecified atom stereocenters. The fourth-order valence-electron chi connectivity index (χ4n) is 3.14. The Balaban J connectivity index is 2.36. The Labute approximate surface area is 121 Å². The lowest BCUT2D eigenvalue weighted by Crippen LogP contribution is -2.09. The lowest BCUT2D eigenvalue weighted by atomic mass is 9.94. The van der Waals surface area contributed by atoms with E-state index in [1.54, 1.807) is 0 Å². The van der Waals surface area contributed by atoms with E-state index in [1.807, 2.05) is 18.2 Å². The molecule has 1 saturated carbocycles. The largest absolute Gasteiger partial charge is 0.431 e. The van der Waals surface area contributed by atoms with Crippen LogP contribution in [0.3, 0.4) is 0 Å². The number of ether oxygens (including phenoxy) is 1. The van der Waals surface area contributed by atoms with Gasteiger partial charge in [0.1, 0.15) is 5.76 Å². The summed E-state index contributed by atoms with van der Waals surface area (Å²) in [7, 11) is 0. The Bertz CT molecular complexity index is 509. The molecule has 1 aliphatic carbocycles. The van der Waals surface area contributed by atoms with Crippen LogP contribution >= 0.6 is 0 Å². The van der Waals surface area contributed by atoms with Crippen molar-refractivity contribution in [3.05, 3.63) is 41.7 Å². The first-order valence-electron chi connectivity index (χ1n) is 7.48. The van der Waals surface area contributed by atoms with Crippen molar-refractivity contribution in [2.45, 2.75) is 47.0 Å². The summed E-state index contributed by atoms with van der Waals surface area (Å²) in [6, 6.07) is 10.2. The van der Waals surface area contributed by atoms with Gasteiger partial charge in [0.25, 0.3) is 0 Å². The smallest absolute Gasteiger partial charge is 0.307 e. The highest BCUT2D eigenvalue weighted by Gasteiger charge is 2.54. The molecule has 0 heterocycles. The van der Waals surface area contributed by atoms with Gasteiger partial charge in [0.2, 0.25) is 0 Å². The summed E-state index contributed by atoms with van der Waals surface area (Å²) >= 11 is 0. The molecule has 2 rings (SSSR count). The van der Waals surface area contributed by atoms with Gasteiger partial charge in [-0.2, -0.15) is 0 Å². The number of carbonyl (C=O) groups is 1. The molecular weight excluding hydrogens is 248 g/mol. The molecule has 0 amide bonds. The quantitative estimate of drug-likeness (QED) is 0.568. The highest BCUT2D eigenvalue weighted by Crippen LogP contribution is 2.62. The van der Waals surface area contributed by atoms with Crippen molar-refractivity contribution in [1.82, 2.24) is 0 Å². The van der Waals surface area contributed by atoms with Crippen LogP contribution in [0.25, 0.3) is 5.57 Å². The van der Waals surface area contributed by atoms with E-state index in [4.69, 9.17) is 4.74 Å². The topological polar surface area (TPSA) is 26.3 Å². The Hall–Kier alpha value is -1.57. The fourth-order valence-corrected chi connectivity index (χ4v) is 3.14. The first-order valence-corrected chi connectivity index (χ1v) is 7.48. The Morgan fingerprint density at radius 2 is 1.80 bits per heavy atom. The minimum absolute atomic E-state index is 0.219. The second-order valence-corrected chi connectivity index (χ2v) is 5.78. The molecule has 0 aliphatic heterocycles. The molecule has 1 atom stereocenters. The molecule has 1 fully saturated rings. The number of allylic oxidation sites excluding steroid dienone is 2. The van der Waals surface area contributed by atoms with Gasteiger partial charge in [0, 0.05) is 12.8 Å². The van der Waals surface area contributed by atoms with Crippen LogP contribution in [0.2, 0.25) is 0 Å². The van der Waals surface area contributed by atoms with Crippen LogP contribution in [-0.2, 0) is 9.53 Å². The molecule has 1 aliphatic rings. The molecule has 2 heteroatoms. The van der Waals surface area contributed by atoms with Gasteiger partial charge in [-0.1, -0.05) is 44.2 Å². The number of esters is 1. The predicted molar refractivity (Wildman–Crippen MR) is 81.9 cm³/mol. The molecule has 1 aromatic rings. The van der Waals surface area contributed by atoms with E-state index in [-0.39, 0.29) is 5.97 Å². The molecule has 0 saturated heterocycles. The second kappa shape index (κ2) is 5.82. The van der Waals surface area contributed by atoms with E-state index in [0.29, 0.717) is 11.3 Å². The van der Waals surface area contributed by atoms with Gasteiger partial charge < -0.3 is 4.74 Å². The number of rotatable bonds is 5. The molecule has 108 valence electrons. The van der Waals surface area contributed by atoms with Crippen molar-refractivity contribution >= 4 is 11.5 Å². The monoisotopic (exact) mass is 272 g/mol. The zero-order valence-corrected chi connectivity index (χ0v) is 12.9. The van der Waals surface area contributed by atoms with Crippen LogP contribution in [0.15, 0.2) is 36.1 Å². The molecule has 20 heavy (non-hydrogen) atoms. The van der Waals surface area contributed by atoms with Crippen LogP contribution in [0.5, 0.6) is 0 Å². The van der Waals surface area contributed by atoms with E-state index in [1.165, 1.54) is 6.92 Å². The molecule has 1 aromatic carbocycles. The number of carbonyl (C=O) groups excluding carboxylic acids is 1. The predicted octanol–water partition coefficient (Wildman–Crippen LogP) is 4.81. The first-order chi connectivity index (χ1) is 9.54. The van der Waals surface area contributed by atoms with Gasteiger partial charge in [-0.25, -0.2) is 0 Å². The van der Waals surface area contributed by atoms with Gasteiger partial charge in [-0.05, 0) is 42.7 Å². The van der Waals surface area contributed by atoms with E-state index < -0.39 is 0 Å². The summed E-state index contributed by atoms with van der Waals surface area (Å²) in [6.45, 7) is 8.00. The lowest BCUT2D eigenvalue weighted by molar-refractivity contribution is -0.137. The lowest BCUT2D eigenvalue weighted by Gasteiger charge is -2.17. The summed E-state index contributed by atoms with van der Waals surface area (Å²) in [5.74, 6) is 1.05. The van der Waals surface area contributed by atoms with Gasteiger partial charge in [0.05, 0.1) is 0 Å². The minimum atomic E-state index is -0.219. The first kappa shape index (κ1) is 14.8. The Morgan fingerprint density at radius 3 is 2.25 bits per heavy atom. The van der Waals surface area contributed by atoms with Gasteiger partial charge in [-0.15, -0.1) is 0 Å². The maximum Gasteiger partial charge on any atom is 0.307 e. The van der Waals surface area contributed by atoms with Crippen LogP contribution < -0.4 is 0 Å². The van der Waals surface area contributed by atoms with Crippen LogP contribution in [0.4, 0.5) is 0 Å². The van der Waals surface area contributed by atoms with E-state index in [9.17, 15) is 4.79 Å². The number of hydrogen-bond donors (Lipinski definition) is 0. The van der Waals surface area contributed by atoms with Crippen LogP contribution in [0, 0.1) is 11.3 Å². The van der Waals surface area contributed by atoms with E-state index in [2.05, 4.69) is 32.9 Å². The summed E-state index contributed by atoms with van der Waals surface area (Å²) in [5, 5.41) is 0. The molecule has 0 bridgehead atoms. The van der Waals surface area contributed by atoms with Crippen molar-refractivity contribution in [3.63, 3.8) is 0 Å². The average Bonchev–Trinajstić information content (AvgIpc) is 3.20. The van der Waals surface area contributed by atoms with Crippen LogP contribution in [-0.4, -0.2) is 5.97 Å². The van der Waals surface area contributed by atoms with Crippen molar-refractivity contribution < 1.29 is 9.53 Å². The fraction of sp³-hybridized carbons (Fsp3) is 0.500. The van der Waals surface area contributed by atoms with E-state index >= 15 is 0 Å². The third-order valence-corrected chi connectivity index (χ3v) is 4.74. The Morgan fingerprint density at radius 1 is 1.20 bits per heavy atom. The molecule has 2 nitrogen and oxygen atoms in total. The third-order valence-electron chi connectivity index (χ3n) is 4.74. The Kier molecular flexibility index (Phi) is 4.32. The van der Waals surface area contributed by atoms with Gasteiger partial charge in [-0.3, -0.25) is 4.79 Å². The maximum absolute atomic E-state index is 11.5. The van der Waals surface area contributed by atoms with E-state index in [0.717, 1.165) is 36.2 Å². The molecule has 0 radical (unpaired) electrons. The van der Waals surface area contributed by atoms with Gasteiger partial charge in [0.15, 0.2) is 0 Å². The zero-order chi connectivity index (χ0) is 14.8. The summed E-state index contributed by atoms with van der Waals surface area (Å²) in [4.78, 5) is 11.5. The number of benzene rings is 1. The average molecular weight is 272 g/mol. The molecule has 0 aromatic heterocycles.